The molecule has 1 aromatic carbocycles. The van der Waals surface area contributed by atoms with Crippen LogP contribution in [0.1, 0.15) is 18.6 Å². The summed E-state index contributed by atoms with van der Waals surface area (Å²) >= 11 is 0. The molecule has 1 amide bonds. The lowest BCUT2D eigenvalue weighted by molar-refractivity contribution is -0.119. The van der Waals surface area contributed by atoms with Crippen LogP contribution in [0.15, 0.2) is 77.6 Å². The van der Waals surface area contributed by atoms with Crippen LogP contribution in [0, 0.1) is 0 Å². The molecule has 0 saturated carbocycles. The number of hydrogen-bond donors (Lipinski definition) is 1. The first-order valence-electron chi connectivity index (χ1n) is 9.82. The van der Waals surface area contributed by atoms with Gasteiger partial charge < -0.3 is 14.5 Å². The molecule has 0 aliphatic carbocycles. The Morgan fingerprint density at radius 3 is 2.87 bits per heavy atom. The summed E-state index contributed by atoms with van der Waals surface area (Å²) in [5.74, 6) is 0.921. The molecule has 8 nitrogen and oxygen atoms in total. The van der Waals surface area contributed by atoms with Crippen molar-refractivity contribution in [2.24, 2.45) is 0 Å². The van der Waals surface area contributed by atoms with Crippen molar-refractivity contribution < 1.29 is 13.9 Å². The zero-order chi connectivity index (χ0) is 21.2. The van der Waals surface area contributed by atoms with Gasteiger partial charge in [0.2, 0.25) is 11.8 Å². The van der Waals surface area contributed by atoms with Crippen LogP contribution < -0.4 is 10.1 Å². The standard InChI is InChI=1S/C23H19N5O3/c1-15(29)25-14-21(17-6-4-10-24-12-17)31-23-9-8-22-26-13-18(28(22)27-23)20-11-16-5-2-3-7-19(16)30-20/h2-13,21H,14H2,1H3,(H,25,29)/t21-/m0/s1. The van der Waals surface area contributed by atoms with E-state index in [9.17, 15) is 4.79 Å². The minimum Gasteiger partial charge on any atom is -0.466 e. The Balaban J connectivity index is 1.49. The molecule has 0 aliphatic rings. The Hall–Kier alpha value is -4.20. The predicted molar refractivity (Wildman–Crippen MR) is 114 cm³/mol. The quantitative estimate of drug-likeness (QED) is 0.455. The Morgan fingerprint density at radius 1 is 1.16 bits per heavy atom. The predicted octanol–water partition coefficient (Wildman–Crippen LogP) is 3.79. The first kappa shape index (κ1) is 18.8. The molecule has 5 rings (SSSR count). The van der Waals surface area contributed by atoms with Crippen LogP contribution in [0.25, 0.3) is 28.1 Å². The molecule has 1 atom stereocenters. The van der Waals surface area contributed by atoms with Gasteiger partial charge >= 0.3 is 0 Å². The summed E-state index contributed by atoms with van der Waals surface area (Å²) in [6.07, 6.45) is 4.68. The van der Waals surface area contributed by atoms with Gasteiger partial charge in [-0.25, -0.2) is 9.50 Å². The average molecular weight is 413 g/mol. The molecule has 4 aromatic heterocycles. The van der Waals surface area contributed by atoms with E-state index in [4.69, 9.17) is 9.15 Å². The molecule has 8 heteroatoms. The van der Waals surface area contributed by atoms with Crippen molar-refractivity contribution >= 4 is 22.5 Å². The fourth-order valence-electron chi connectivity index (χ4n) is 3.37. The summed E-state index contributed by atoms with van der Waals surface area (Å²) in [6.45, 7) is 1.76. The minimum atomic E-state index is -0.444. The van der Waals surface area contributed by atoms with E-state index in [1.165, 1.54) is 6.92 Å². The van der Waals surface area contributed by atoms with Crippen molar-refractivity contribution in [1.82, 2.24) is 24.9 Å². The normalized spacial score (nSPS) is 12.2. The highest BCUT2D eigenvalue weighted by Gasteiger charge is 2.17. The Morgan fingerprint density at radius 2 is 2.06 bits per heavy atom. The fourth-order valence-corrected chi connectivity index (χ4v) is 3.37. The number of benzene rings is 1. The number of hydrogen-bond acceptors (Lipinski definition) is 6. The number of nitrogens with one attached hydrogen (secondary N) is 1. The Kier molecular flexibility index (Phi) is 4.80. The molecule has 0 aliphatic heterocycles. The van der Waals surface area contributed by atoms with Crippen LogP contribution in [-0.2, 0) is 4.79 Å². The second-order valence-corrected chi connectivity index (χ2v) is 7.06. The highest BCUT2D eigenvalue weighted by molar-refractivity contribution is 5.82. The first-order chi connectivity index (χ1) is 15.2. The second-order valence-electron chi connectivity index (χ2n) is 7.06. The van der Waals surface area contributed by atoms with E-state index in [0.29, 0.717) is 23.8 Å². The maximum Gasteiger partial charge on any atom is 0.232 e. The summed E-state index contributed by atoms with van der Waals surface area (Å²) in [5, 5.41) is 8.41. The van der Waals surface area contributed by atoms with E-state index >= 15 is 0 Å². The highest BCUT2D eigenvalue weighted by Crippen LogP contribution is 2.29. The topological polar surface area (TPSA) is 94.5 Å². The average Bonchev–Trinajstić information content (AvgIpc) is 3.40. The van der Waals surface area contributed by atoms with Gasteiger partial charge in [-0.15, -0.1) is 5.10 Å². The van der Waals surface area contributed by atoms with Gasteiger partial charge in [0.15, 0.2) is 11.4 Å². The van der Waals surface area contributed by atoms with E-state index in [-0.39, 0.29) is 5.91 Å². The number of imidazole rings is 1. The van der Waals surface area contributed by atoms with Crippen LogP contribution >= 0.6 is 0 Å². The summed E-state index contributed by atoms with van der Waals surface area (Å²) in [7, 11) is 0. The number of amides is 1. The lowest BCUT2D eigenvalue weighted by Crippen LogP contribution is -2.29. The van der Waals surface area contributed by atoms with Gasteiger partial charge in [-0.1, -0.05) is 24.3 Å². The van der Waals surface area contributed by atoms with Gasteiger partial charge in [0.1, 0.15) is 17.4 Å². The van der Waals surface area contributed by atoms with Crippen LogP contribution in [0.3, 0.4) is 0 Å². The summed E-state index contributed by atoms with van der Waals surface area (Å²) in [4.78, 5) is 20.0. The molecule has 0 spiro atoms. The number of carbonyl (C=O) groups excluding carboxylic acids is 1. The van der Waals surface area contributed by atoms with Crippen LogP contribution in [0.4, 0.5) is 0 Å². The number of carbonyl (C=O) groups is 1. The Labute approximate surface area is 177 Å². The highest BCUT2D eigenvalue weighted by atomic mass is 16.5. The molecule has 154 valence electrons. The Bertz CT molecular complexity index is 1330. The molecule has 0 unspecified atom stereocenters. The molecule has 5 aromatic rings. The zero-order valence-corrected chi connectivity index (χ0v) is 16.7. The van der Waals surface area contributed by atoms with Gasteiger partial charge in [0.05, 0.1) is 12.7 Å². The van der Waals surface area contributed by atoms with E-state index in [1.807, 2.05) is 48.5 Å². The van der Waals surface area contributed by atoms with Crippen molar-refractivity contribution in [3.05, 3.63) is 78.8 Å². The van der Waals surface area contributed by atoms with Crippen LogP contribution in [-0.4, -0.2) is 32.0 Å². The molecule has 0 fully saturated rings. The molecule has 0 radical (unpaired) electrons. The molecule has 0 saturated heterocycles. The third-order valence-corrected chi connectivity index (χ3v) is 4.87. The largest absolute Gasteiger partial charge is 0.466 e. The first-order valence-corrected chi connectivity index (χ1v) is 9.82. The maximum atomic E-state index is 11.4. The number of ether oxygens (including phenoxy) is 1. The SMILES string of the molecule is CC(=O)NC[C@H](Oc1ccc2ncc(-c3cc4ccccc4o3)n2n1)c1cccnc1. The minimum absolute atomic E-state index is 0.136. The van der Waals surface area contributed by atoms with E-state index in [1.54, 1.807) is 29.2 Å². The number of aromatic nitrogens is 4. The molecular weight excluding hydrogens is 394 g/mol. The molecule has 0 bridgehead atoms. The van der Waals surface area contributed by atoms with Gasteiger partial charge in [0.25, 0.3) is 0 Å². The summed E-state index contributed by atoms with van der Waals surface area (Å²) in [6, 6.07) is 17.1. The monoisotopic (exact) mass is 413 g/mol. The van der Waals surface area contributed by atoms with Gasteiger partial charge in [-0.2, -0.15) is 0 Å². The number of rotatable bonds is 6. The van der Waals surface area contributed by atoms with Crippen LogP contribution in [0.2, 0.25) is 0 Å². The fraction of sp³-hybridized carbons (Fsp3) is 0.130. The van der Waals surface area contributed by atoms with Crippen molar-refractivity contribution in [3.8, 4) is 17.3 Å². The molecular formula is C23H19N5O3. The number of para-hydroxylation sites is 1. The smallest absolute Gasteiger partial charge is 0.232 e. The van der Waals surface area contributed by atoms with Crippen molar-refractivity contribution in [2.45, 2.75) is 13.0 Å². The number of nitrogens with zero attached hydrogens (tertiary/aromatic N) is 4. The third-order valence-electron chi connectivity index (χ3n) is 4.87. The van der Waals surface area contributed by atoms with E-state index in [2.05, 4.69) is 20.4 Å². The van der Waals surface area contributed by atoms with Crippen molar-refractivity contribution in [3.63, 3.8) is 0 Å². The lowest BCUT2D eigenvalue weighted by atomic mass is 10.1. The van der Waals surface area contributed by atoms with E-state index < -0.39 is 6.10 Å². The van der Waals surface area contributed by atoms with Crippen molar-refractivity contribution in [1.29, 1.82) is 0 Å². The molecule has 1 N–H and O–H groups in total. The van der Waals surface area contributed by atoms with Crippen molar-refractivity contribution in [2.75, 3.05) is 6.54 Å². The zero-order valence-electron chi connectivity index (χ0n) is 16.7. The lowest BCUT2D eigenvalue weighted by Gasteiger charge is -2.19. The second kappa shape index (κ2) is 7.91. The summed E-state index contributed by atoms with van der Waals surface area (Å²) < 4.78 is 13.8. The molecule has 4 heterocycles. The molecule has 31 heavy (non-hydrogen) atoms. The summed E-state index contributed by atoms with van der Waals surface area (Å²) in [5.41, 5.74) is 3.02. The number of pyridine rings is 1. The van der Waals surface area contributed by atoms with Gasteiger partial charge in [-0.05, 0) is 24.3 Å². The van der Waals surface area contributed by atoms with Crippen LogP contribution in [0.5, 0.6) is 5.88 Å². The maximum absolute atomic E-state index is 11.4. The number of fused-ring (bicyclic) bond motifs is 2. The van der Waals surface area contributed by atoms with Gasteiger partial charge in [-0.3, -0.25) is 9.78 Å². The third kappa shape index (κ3) is 3.83. The van der Waals surface area contributed by atoms with Gasteiger partial charge in [0, 0.05) is 36.3 Å². The van der Waals surface area contributed by atoms with E-state index in [0.717, 1.165) is 22.2 Å². The number of furan rings is 1.